The molecule has 0 fully saturated rings. The summed E-state index contributed by atoms with van der Waals surface area (Å²) in [7, 11) is 0. The summed E-state index contributed by atoms with van der Waals surface area (Å²) in [6, 6.07) is 6.14. The highest BCUT2D eigenvalue weighted by Gasteiger charge is 2.07. The second kappa shape index (κ2) is 5.37. The third-order valence-electron chi connectivity index (χ3n) is 2.26. The number of nitro benzene ring substituents is 1. The first-order valence-electron chi connectivity index (χ1n) is 5.05. The van der Waals surface area contributed by atoms with E-state index < -0.39 is 4.92 Å². The first-order chi connectivity index (χ1) is 8.66. The molecular formula is C12H8ClN3O2. The van der Waals surface area contributed by atoms with Crippen LogP contribution in [0.2, 0.25) is 5.02 Å². The molecule has 0 bridgehead atoms. The molecular weight excluding hydrogens is 254 g/mol. The van der Waals surface area contributed by atoms with E-state index in [0.717, 1.165) is 5.56 Å². The van der Waals surface area contributed by atoms with Crippen LogP contribution in [0.25, 0.3) is 12.2 Å². The van der Waals surface area contributed by atoms with Crippen molar-refractivity contribution < 1.29 is 4.92 Å². The summed E-state index contributed by atoms with van der Waals surface area (Å²) in [6.45, 7) is 0. The van der Waals surface area contributed by atoms with Crippen LogP contribution >= 0.6 is 11.6 Å². The zero-order valence-electron chi connectivity index (χ0n) is 9.15. The van der Waals surface area contributed by atoms with Crippen LogP contribution < -0.4 is 0 Å². The molecule has 0 radical (unpaired) electrons. The number of rotatable bonds is 3. The number of nitro groups is 1. The molecule has 0 N–H and O–H groups in total. The largest absolute Gasteiger partial charge is 0.270 e. The number of halogens is 1. The third-order valence-corrected chi connectivity index (χ3v) is 2.58. The Labute approximate surface area is 108 Å². The zero-order chi connectivity index (χ0) is 13.0. The van der Waals surface area contributed by atoms with E-state index in [1.807, 2.05) is 6.08 Å². The minimum absolute atomic E-state index is 0.0253. The molecule has 6 heteroatoms. The summed E-state index contributed by atoms with van der Waals surface area (Å²) in [5.41, 5.74) is 1.56. The lowest BCUT2D eigenvalue weighted by atomic mass is 10.1. The van der Waals surface area contributed by atoms with Crippen LogP contribution in [0.15, 0.2) is 36.7 Å². The molecule has 2 rings (SSSR count). The van der Waals surface area contributed by atoms with Crippen molar-refractivity contribution in [1.29, 1.82) is 0 Å². The average Bonchev–Trinajstić information content (AvgIpc) is 2.38. The zero-order valence-corrected chi connectivity index (χ0v) is 9.91. The van der Waals surface area contributed by atoms with Crippen molar-refractivity contribution in [2.24, 2.45) is 0 Å². The molecule has 2 aromatic rings. The van der Waals surface area contributed by atoms with E-state index in [2.05, 4.69) is 10.2 Å². The fourth-order valence-electron chi connectivity index (χ4n) is 1.35. The number of non-ortho nitro benzene ring substituents is 1. The number of hydrogen-bond acceptors (Lipinski definition) is 4. The topological polar surface area (TPSA) is 68.9 Å². The molecule has 0 aliphatic rings. The van der Waals surface area contributed by atoms with Gasteiger partial charge in [0.1, 0.15) is 0 Å². The van der Waals surface area contributed by atoms with Gasteiger partial charge in [-0.25, -0.2) is 0 Å². The van der Waals surface area contributed by atoms with Gasteiger partial charge in [0.25, 0.3) is 5.69 Å². The molecule has 0 saturated heterocycles. The Hall–Kier alpha value is -2.27. The minimum atomic E-state index is -0.480. The molecule has 0 aliphatic carbocycles. The van der Waals surface area contributed by atoms with Crippen LogP contribution in [0.4, 0.5) is 5.69 Å². The van der Waals surface area contributed by atoms with Crippen LogP contribution in [-0.4, -0.2) is 15.1 Å². The normalized spacial score (nSPS) is 10.7. The van der Waals surface area contributed by atoms with Crippen molar-refractivity contribution in [3.05, 3.63) is 62.9 Å². The van der Waals surface area contributed by atoms with Crippen molar-refractivity contribution in [2.75, 3.05) is 0 Å². The van der Waals surface area contributed by atoms with Gasteiger partial charge >= 0.3 is 0 Å². The third kappa shape index (κ3) is 2.89. The van der Waals surface area contributed by atoms with Gasteiger partial charge in [-0.1, -0.05) is 23.8 Å². The lowest BCUT2D eigenvalue weighted by molar-refractivity contribution is -0.384. The van der Waals surface area contributed by atoms with Gasteiger partial charge < -0.3 is 0 Å². The van der Waals surface area contributed by atoms with E-state index >= 15 is 0 Å². The second-order valence-electron chi connectivity index (χ2n) is 3.47. The highest BCUT2D eigenvalue weighted by molar-refractivity contribution is 6.32. The molecule has 0 atom stereocenters. The van der Waals surface area contributed by atoms with Gasteiger partial charge in [0.2, 0.25) is 0 Å². The molecule has 1 aromatic carbocycles. The van der Waals surface area contributed by atoms with Gasteiger partial charge in [-0.15, -0.1) is 0 Å². The molecule has 5 nitrogen and oxygen atoms in total. The predicted octanol–water partition coefficient (Wildman–Crippen LogP) is 3.21. The Kier molecular flexibility index (Phi) is 3.64. The molecule has 1 aromatic heterocycles. The molecule has 1 heterocycles. The Balaban J connectivity index is 2.25. The molecule has 0 amide bonds. The van der Waals surface area contributed by atoms with E-state index in [1.165, 1.54) is 12.1 Å². The summed E-state index contributed by atoms with van der Waals surface area (Å²) in [5.74, 6) is 0. The Morgan fingerprint density at radius 3 is 2.67 bits per heavy atom. The maximum Gasteiger partial charge on any atom is 0.270 e. The number of aromatic nitrogens is 2. The van der Waals surface area contributed by atoms with E-state index in [-0.39, 0.29) is 5.69 Å². The summed E-state index contributed by atoms with van der Waals surface area (Å²) in [4.78, 5) is 10.1. The molecule has 0 saturated carbocycles. The van der Waals surface area contributed by atoms with E-state index in [4.69, 9.17) is 11.6 Å². The first-order valence-corrected chi connectivity index (χ1v) is 5.43. The number of benzene rings is 1. The Morgan fingerprint density at radius 1 is 1.22 bits per heavy atom. The summed E-state index contributed by atoms with van der Waals surface area (Å²) < 4.78 is 0. The SMILES string of the molecule is O=[N+]([O-])c1ccc(C=Cc2ccnnc2)c(Cl)c1. The second-order valence-corrected chi connectivity index (χ2v) is 3.88. The van der Waals surface area contributed by atoms with Crippen LogP contribution in [0.5, 0.6) is 0 Å². The van der Waals surface area contributed by atoms with Crippen LogP contribution in [-0.2, 0) is 0 Å². The van der Waals surface area contributed by atoms with Crippen LogP contribution in [0, 0.1) is 10.1 Å². The van der Waals surface area contributed by atoms with Crippen molar-refractivity contribution in [3.63, 3.8) is 0 Å². The Bertz CT molecular complexity index is 600. The predicted molar refractivity (Wildman–Crippen MR) is 69.1 cm³/mol. The monoisotopic (exact) mass is 261 g/mol. The van der Waals surface area contributed by atoms with Gasteiger partial charge in [-0.3, -0.25) is 10.1 Å². The molecule has 0 unspecified atom stereocenters. The Morgan fingerprint density at radius 2 is 2.06 bits per heavy atom. The maximum absolute atomic E-state index is 10.6. The van der Waals surface area contributed by atoms with Gasteiger partial charge in [-0.2, -0.15) is 10.2 Å². The quantitative estimate of drug-likeness (QED) is 0.628. The van der Waals surface area contributed by atoms with Crippen molar-refractivity contribution in [3.8, 4) is 0 Å². The lowest BCUT2D eigenvalue weighted by Gasteiger charge is -1.98. The smallest absolute Gasteiger partial charge is 0.258 e. The maximum atomic E-state index is 10.6. The molecule has 0 aliphatic heterocycles. The van der Waals surface area contributed by atoms with E-state index in [9.17, 15) is 10.1 Å². The summed E-state index contributed by atoms with van der Waals surface area (Å²) >= 11 is 5.96. The molecule has 0 spiro atoms. The average molecular weight is 262 g/mol. The minimum Gasteiger partial charge on any atom is -0.258 e. The highest BCUT2D eigenvalue weighted by Crippen LogP contribution is 2.23. The fraction of sp³-hybridized carbons (Fsp3) is 0. The molecule has 90 valence electrons. The first kappa shape index (κ1) is 12.2. The van der Waals surface area contributed by atoms with Crippen LogP contribution in [0.1, 0.15) is 11.1 Å². The summed E-state index contributed by atoms with van der Waals surface area (Å²) in [6.07, 6.45) is 6.76. The van der Waals surface area contributed by atoms with Crippen molar-refractivity contribution in [2.45, 2.75) is 0 Å². The van der Waals surface area contributed by atoms with Gasteiger partial charge in [0, 0.05) is 12.1 Å². The van der Waals surface area contributed by atoms with Crippen molar-refractivity contribution in [1.82, 2.24) is 10.2 Å². The van der Waals surface area contributed by atoms with Gasteiger partial charge in [0.15, 0.2) is 0 Å². The van der Waals surface area contributed by atoms with Crippen LogP contribution in [0.3, 0.4) is 0 Å². The van der Waals surface area contributed by atoms with E-state index in [0.29, 0.717) is 10.6 Å². The number of nitrogens with zero attached hydrogens (tertiary/aromatic N) is 3. The van der Waals surface area contributed by atoms with Gasteiger partial charge in [-0.05, 0) is 23.3 Å². The number of hydrogen-bond donors (Lipinski definition) is 0. The molecule has 18 heavy (non-hydrogen) atoms. The van der Waals surface area contributed by atoms with Gasteiger partial charge in [0.05, 0.1) is 22.3 Å². The van der Waals surface area contributed by atoms with E-state index in [1.54, 1.807) is 30.6 Å². The standard InChI is InChI=1S/C12H8ClN3O2/c13-12-7-11(16(17)18)4-3-10(12)2-1-9-5-6-14-15-8-9/h1-8H. The highest BCUT2D eigenvalue weighted by atomic mass is 35.5. The van der Waals surface area contributed by atoms with Crippen molar-refractivity contribution >= 4 is 29.4 Å². The summed E-state index contributed by atoms with van der Waals surface area (Å²) in [5, 5.41) is 18.3. The lowest BCUT2D eigenvalue weighted by Crippen LogP contribution is -1.88. The fourth-order valence-corrected chi connectivity index (χ4v) is 1.59.